The van der Waals surface area contributed by atoms with E-state index in [1.165, 1.54) is 19.2 Å². The summed E-state index contributed by atoms with van der Waals surface area (Å²) < 4.78 is 48.5. The number of halogens is 3. The Morgan fingerprint density at radius 2 is 1.78 bits per heavy atom. The molecule has 0 saturated carbocycles. The van der Waals surface area contributed by atoms with Crippen LogP contribution in [0.4, 0.5) is 24.5 Å². The van der Waals surface area contributed by atoms with Crippen LogP contribution in [0.1, 0.15) is 40.3 Å². The van der Waals surface area contributed by atoms with Crippen molar-refractivity contribution in [1.82, 2.24) is 14.9 Å². The highest BCUT2D eigenvalue weighted by atomic mass is 32.1. The molecule has 4 aromatic rings. The lowest BCUT2D eigenvalue weighted by atomic mass is 9.96. The monoisotopic (exact) mass is 579 g/mol. The molecule has 0 aliphatic carbocycles. The molecule has 11 heteroatoms. The number of anilines is 2. The second-order valence-electron chi connectivity index (χ2n) is 9.70. The van der Waals surface area contributed by atoms with E-state index in [0.717, 1.165) is 23.0 Å². The summed E-state index contributed by atoms with van der Waals surface area (Å²) in [5.74, 6) is -0.279. The highest BCUT2D eigenvalue weighted by Gasteiger charge is 2.43. The molecule has 1 aliphatic rings. The number of alkyl halides is 3. The van der Waals surface area contributed by atoms with Gasteiger partial charge in [0.1, 0.15) is 6.61 Å². The molecule has 5 rings (SSSR count). The average Bonchev–Trinajstić information content (AvgIpc) is 3.44. The zero-order valence-corrected chi connectivity index (χ0v) is 23.4. The molecule has 0 spiro atoms. The quantitative estimate of drug-likeness (QED) is 0.252. The first-order valence-corrected chi connectivity index (χ1v) is 13.3. The fraction of sp³-hybridized carbons (Fsp3) is 0.233. The molecular weight excluding hydrogens is 551 g/mol. The van der Waals surface area contributed by atoms with E-state index in [9.17, 15) is 18.0 Å². The highest BCUT2D eigenvalue weighted by Crippen LogP contribution is 2.44. The van der Waals surface area contributed by atoms with Gasteiger partial charge in [0.2, 0.25) is 5.91 Å². The molecule has 0 radical (unpaired) electrons. The first kappa shape index (κ1) is 28.3. The molecule has 2 aromatic heterocycles. The number of methoxy groups -OCH3 is 1. The molecule has 7 nitrogen and oxygen atoms in total. The minimum atomic E-state index is -4.51. The van der Waals surface area contributed by atoms with Crippen LogP contribution in [0.2, 0.25) is 0 Å². The van der Waals surface area contributed by atoms with Crippen molar-refractivity contribution in [2.24, 2.45) is 0 Å². The predicted octanol–water partition coefficient (Wildman–Crippen LogP) is 6.27. The lowest BCUT2D eigenvalue weighted by molar-refractivity contribution is -0.137. The number of hydrogen-bond acceptors (Lipinski definition) is 4. The van der Waals surface area contributed by atoms with Crippen LogP contribution in [0.5, 0.6) is 0 Å². The second kappa shape index (κ2) is 11.3. The van der Waals surface area contributed by atoms with E-state index >= 15 is 0 Å². The van der Waals surface area contributed by atoms with E-state index in [1.54, 1.807) is 35.9 Å². The van der Waals surface area contributed by atoms with Crippen molar-refractivity contribution < 1.29 is 22.7 Å². The van der Waals surface area contributed by atoms with Gasteiger partial charge >= 0.3 is 6.18 Å². The molecule has 3 heterocycles. The van der Waals surface area contributed by atoms with Gasteiger partial charge in [0.05, 0.1) is 29.0 Å². The molecule has 212 valence electrons. The zero-order valence-electron chi connectivity index (χ0n) is 22.6. The molecule has 1 fully saturated rings. The standard InChI is InChI=1S/C30H28F3N5O2S/c1-18-16-22(19(2)37(18)25-10-5-4-8-23(25)30(31,32)33)28-27(24-9-6-7-15-34-24)36-29(41)38(28)21-13-11-20(12-14-21)35-26(39)17-40-3/h4-16,27-28H,17H2,1-3H3,(H,35,39)(H,36,41)/t27-,28-/m0/s1. The Bertz CT molecular complexity index is 1570. The number of rotatable bonds is 7. The van der Waals surface area contributed by atoms with Gasteiger partial charge in [0, 0.05) is 36.1 Å². The molecule has 2 N–H and O–H groups in total. The predicted molar refractivity (Wildman–Crippen MR) is 155 cm³/mol. The van der Waals surface area contributed by atoms with Gasteiger partial charge in [-0.05, 0) is 86.2 Å². The number of benzene rings is 2. The lowest BCUT2D eigenvalue weighted by Crippen LogP contribution is -2.29. The summed E-state index contributed by atoms with van der Waals surface area (Å²) in [5.41, 5.74) is 3.55. The fourth-order valence-corrected chi connectivity index (χ4v) is 5.69. The number of ether oxygens (including phenoxy) is 1. The summed E-state index contributed by atoms with van der Waals surface area (Å²) in [6.45, 7) is 3.55. The molecule has 1 amide bonds. The zero-order chi connectivity index (χ0) is 29.3. The summed E-state index contributed by atoms with van der Waals surface area (Å²) in [6.07, 6.45) is -2.82. The van der Waals surface area contributed by atoms with Gasteiger partial charge < -0.3 is 24.8 Å². The van der Waals surface area contributed by atoms with E-state index in [1.807, 2.05) is 48.2 Å². The van der Waals surface area contributed by atoms with Crippen LogP contribution in [0.25, 0.3) is 5.69 Å². The lowest BCUT2D eigenvalue weighted by Gasteiger charge is -2.28. The number of carbonyl (C=O) groups excluding carboxylic acids is 1. The maximum absolute atomic E-state index is 14.0. The third-order valence-corrected chi connectivity index (χ3v) is 7.36. The molecule has 1 saturated heterocycles. The van der Waals surface area contributed by atoms with Gasteiger partial charge in [-0.3, -0.25) is 9.78 Å². The summed E-state index contributed by atoms with van der Waals surface area (Å²) in [5, 5.41) is 6.60. The van der Waals surface area contributed by atoms with Gasteiger partial charge in [0.25, 0.3) is 0 Å². The summed E-state index contributed by atoms with van der Waals surface area (Å²) in [4.78, 5) is 18.5. The summed E-state index contributed by atoms with van der Waals surface area (Å²) in [6, 6.07) is 19.5. The van der Waals surface area contributed by atoms with E-state index in [4.69, 9.17) is 17.0 Å². The second-order valence-corrected chi connectivity index (χ2v) is 10.1. The Kier molecular flexibility index (Phi) is 7.83. The van der Waals surface area contributed by atoms with Gasteiger partial charge in [-0.25, -0.2) is 0 Å². The van der Waals surface area contributed by atoms with Crippen molar-refractivity contribution in [3.05, 3.63) is 107 Å². The van der Waals surface area contributed by atoms with Crippen molar-refractivity contribution >= 4 is 34.6 Å². The van der Waals surface area contributed by atoms with Gasteiger partial charge in [-0.1, -0.05) is 18.2 Å². The van der Waals surface area contributed by atoms with E-state index in [-0.39, 0.29) is 24.2 Å². The van der Waals surface area contributed by atoms with Gasteiger partial charge in [0.15, 0.2) is 5.11 Å². The summed E-state index contributed by atoms with van der Waals surface area (Å²) in [7, 11) is 1.45. The number of amides is 1. The van der Waals surface area contributed by atoms with Crippen molar-refractivity contribution in [2.75, 3.05) is 23.9 Å². The van der Waals surface area contributed by atoms with Crippen molar-refractivity contribution in [3.63, 3.8) is 0 Å². The first-order valence-electron chi connectivity index (χ1n) is 12.8. The van der Waals surface area contributed by atoms with Crippen LogP contribution in [-0.2, 0) is 15.7 Å². The minimum Gasteiger partial charge on any atom is -0.375 e. The number of aromatic nitrogens is 2. The fourth-order valence-electron chi connectivity index (χ4n) is 5.35. The maximum Gasteiger partial charge on any atom is 0.418 e. The van der Waals surface area contributed by atoms with Crippen LogP contribution in [0.3, 0.4) is 0 Å². The van der Waals surface area contributed by atoms with E-state index in [0.29, 0.717) is 22.2 Å². The van der Waals surface area contributed by atoms with Crippen molar-refractivity contribution in [1.29, 1.82) is 0 Å². The Morgan fingerprint density at radius 3 is 2.44 bits per heavy atom. The number of thiocarbonyl (C=S) groups is 1. The number of nitrogens with one attached hydrogen (secondary N) is 2. The minimum absolute atomic E-state index is 0.0619. The third kappa shape index (κ3) is 5.55. The Hall–Kier alpha value is -4.22. The Balaban J connectivity index is 1.61. The Morgan fingerprint density at radius 1 is 1.07 bits per heavy atom. The number of aryl methyl sites for hydroxylation is 1. The number of nitrogens with zero attached hydrogens (tertiary/aromatic N) is 3. The van der Waals surface area contributed by atoms with Gasteiger partial charge in [-0.2, -0.15) is 13.2 Å². The first-order chi connectivity index (χ1) is 19.6. The molecule has 2 aromatic carbocycles. The molecule has 1 aliphatic heterocycles. The largest absolute Gasteiger partial charge is 0.418 e. The summed E-state index contributed by atoms with van der Waals surface area (Å²) >= 11 is 5.81. The molecule has 2 atom stereocenters. The third-order valence-electron chi connectivity index (χ3n) is 7.04. The van der Waals surface area contributed by atoms with E-state index < -0.39 is 17.8 Å². The van der Waals surface area contributed by atoms with Crippen LogP contribution in [0, 0.1) is 13.8 Å². The molecular formula is C30H28F3N5O2S. The van der Waals surface area contributed by atoms with Crippen LogP contribution in [-0.4, -0.2) is 34.3 Å². The number of pyridine rings is 1. The van der Waals surface area contributed by atoms with Crippen LogP contribution in [0.15, 0.2) is 79.0 Å². The molecule has 0 unspecified atom stereocenters. The SMILES string of the molecule is COCC(=O)Nc1ccc(N2C(=S)N[C@@H](c3ccccn3)[C@@H]2c2cc(C)n(-c3ccccc3C(F)(F)F)c2C)cc1. The van der Waals surface area contributed by atoms with Gasteiger partial charge in [-0.15, -0.1) is 0 Å². The molecule has 41 heavy (non-hydrogen) atoms. The topological polar surface area (TPSA) is 71.4 Å². The van der Waals surface area contributed by atoms with E-state index in [2.05, 4.69) is 15.6 Å². The van der Waals surface area contributed by atoms with Crippen LogP contribution < -0.4 is 15.5 Å². The number of hydrogen-bond donors (Lipinski definition) is 2. The van der Waals surface area contributed by atoms with Crippen molar-refractivity contribution in [3.8, 4) is 5.69 Å². The average molecular weight is 580 g/mol. The normalized spacial score (nSPS) is 17.0. The number of para-hydroxylation sites is 1. The maximum atomic E-state index is 14.0. The highest BCUT2D eigenvalue weighted by molar-refractivity contribution is 7.80. The molecule has 0 bridgehead atoms. The number of carbonyl (C=O) groups is 1. The van der Waals surface area contributed by atoms with Crippen molar-refractivity contribution in [2.45, 2.75) is 32.1 Å². The van der Waals surface area contributed by atoms with Crippen LogP contribution >= 0.6 is 12.2 Å². The smallest absolute Gasteiger partial charge is 0.375 e. The Labute approximate surface area is 241 Å².